The minimum atomic E-state index is -0.105. The Morgan fingerprint density at radius 2 is 2.40 bits per heavy atom. The summed E-state index contributed by atoms with van der Waals surface area (Å²) in [6.45, 7) is 4.14. The number of benzene rings is 1. The third kappa shape index (κ3) is 4.74. The van der Waals surface area contributed by atoms with Crippen molar-refractivity contribution < 1.29 is 14.3 Å². The Bertz CT molecular complexity index is 431. The molecule has 1 aromatic carbocycles. The largest absolute Gasteiger partial charge is 0.484 e. The molecule has 0 aliphatic carbocycles. The van der Waals surface area contributed by atoms with Crippen LogP contribution in [-0.2, 0) is 9.53 Å². The molecule has 1 fully saturated rings. The van der Waals surface area contributed by atoms with E-state index in [9.17, 15) is 4.79 Å². The lowest BCUT2D eigenvalue weighted by molar-refractivity contribution is -0.122. The van der Waals surface area contributed by atoms with E-state index < -0.39 is 0 Å². The number of likely N-dealkylation sites (N-methyl/N-ethyl adjacent to an activating group) is 1. The molecule has 1 atom stereocenters. The summed E-state index contributed by atoms with van der Waals surface area (Å²) in [6, 6.07) is 8.02. The van der Waals surface area contributed by atoms with Crippen molar-refractivity contribution in [1.29, 1.82) is 0 Å². The summed E-state index contributed by atoms with van der Waals surface area (Å²) in [5, 5.41) is 6.13. The molecule has 0 bridgehead atoms. The lowest BCUT2D eigenvalue weighted by Gasteiger charge is -2.24. The first-order valence-electron chi connectivity index (χ1n) is 7.12. The first kappa shape index (κ1) is 14.7. The van der Waals surface area contributed by atoms with E-state index in [0.717, 1.165) is 31.7 Å². The number of carbonyl (C=O) groups is 1. The smallest absolute Gasteiger partial charge is 0.257 e. The summed E-state index contributed by atoms with van der Waals surface area (Å²) in [7, 11) is 0. The molecule has 1 saturated heterocycles. The fourth-order valence-corrected chi connectivity index (χ4v) is 2.16. The third-order valence-corrected chi connectivity index (χ3v) is 3.11. The molecule has 2 rings (SSSR count). The molecule has 1 aliphatic rings. The highest BCUT2D eigenvalue weighted by Crippen LogP contribution is 2.20. The minimum absolute atomic E-state index is 0.0455. The van der Waals surface area contributed by atoms with Gasteiger partial charge in [0.05, 0.1) is 6.61 Å². The van der Waals surface area contributed by atoms with Crippen molar-refractivity contribution in [3.05, 3.63) is 24.3 Å². The van der Waals surface area contributed by atoms with Gasteiger partial charge in [0, 0.05) is 30.9 Å². The van der Waals surface area contributed by atoms with E-state index in [2.05, 4.69) is 10.6 Å². The summed E-state index contributed by atoms with van der Waals surface area (Å²) in [5.41, 5.74) is 0.994. The van der Waals surface area contributed by atoms with Gasteiger partial charge in [0.1, 0.15) is 5.75 Å². The number of anilines is 1. The van der Waals surface area contributed by atoms with Crippen LogP contribution in [0.3, 0.4) is 0 Å². The van der Waals surface area contributed by atoms with E-state index in [-0.39, 0.29) is 12.5 Å². The average molecular weight is 278 g/mol. The Hall–Kier alpha value is -1.75. The van der Waals surface area contributed by atoms with Crippen LogP contribution in [0.5, 0.6) is 5.75 Å². The maximum atomic E-state index is 11.3. The van der Waals surface area contributed by atoms with E-state index in [4.69, 9.17) is 9.47 Å². The molecule has 5 nitrogen and oxygen atoms in total. The lowest BCUT2D eigenvalue weighted by Crippen LogP contribution is -2.30. The molecule has 20 heavy (non-hydrogen) atoms. The van der Waals surface area contributed by atoms with Crippen molar-refractivity contribution in [2.45, 2.75) is 25.8 Å². The maximum absolute atomic E-state index is 11.3. The molecule has 5 heteroatoms. The van der Waals surface area contributed by atoms with Gasteiger partial charge in [-0.25, -0.2) is 0 Å². The highest BCUT2D eigenvalue weighted by Gasteiger charge is 2.13. The maximum Gasteiger partial charge on any atom is 0.257 e. The highest BCUT2D eigenvalue weighted by atomic mass is 16.5. The lowest BCUT2D eigenvalue weighted by atomic mass is 10.1. The fraction of sp³-hybridized carbons (Fsp3) is 0.533. The molecule has 0 unspecified atom stereocenters. The van der Waals surface area contributed by atoms with Crippen LogP contribution in [0, 0.1) is 0 Å². The number of ether oxygens (including phenoxy) is 2. The fourth-order valence-electron chi connectivity index (χ4n) is 2.16. The average Bonchev–Trinajstić information content (AvgIpc) is 2.47. The van der Waals surface area contributed by atoms with Gasteiger partial charge in [0.2, 0.25) is 0 Å². The first-order valence-corrected chi connectivity index (χ1v) is 7.12. The van der Waals surface area contributed by atoms with Crippen LogP contribution in [0.4, 0.5) is 5.69 Å². The molecular formula is C15H22N2O3. The number of amides is 1. The van der Waals surface area contributed by atoms with Crippen LogP contribution in [-0.4, -0.2) is 38.3 Å². The molecule has 0 saturated carbocycles. The monoisotopic (exact) mass is 278 g/mol. The SMILES string of the molecule is CCNC(=O)COc1cccc(N[C@@H]2CCCOC2)c1. The summed E-state index contributed by atoms with van der Waals surface area (Å²) in [4.78, 5) is 11.3. The molecule has 1 aromatic rings. The van der Waals surface area contributed by atoms with Gasteiger partial charge in [-0.15, -0.1) is 0 Å². The van der Waals surface area contributed by atoms with Gasteiger partial charge in [-0.05, 0) is 31.9 Å². The summed E-state index contributed by atoms with van der Waals surface area (Å²) < 4.78 is 10.9. The van der Waals surface area contributed by atoms with Crippen molar-refractivity contribution >= 4 is 11.6 Å². The standard InChI is InChI=1S/C15H22N2O3/c1-2-16-15(18)11-20-14-7-3-5-12(9-14)17-13-6-4-8-19-10-13/h3,5,7,9,13,17H,2,4,6,8,10-11H2,1H3,(H,16,18)/t13-/m1/s1. The van der Waals surface area contributed by atoms with Gasteiger partial charge >= 0.3 is 0 Å². The van der Waals surface area contributed by atoms with E-state index >= 15 is 0 Å². The Morgan fingerprint density at radius 3 is 3.15 bits per heavy atom. The van der Waals surface area contributed by atoms with Crippen LogP contribution < -0.4 is 15.4 Å². The Kier molecular flexibility index (Phi) is 5.68. The van der Waals surface area contributed by atoms with Gasteiger partial charge < -0.3 is 20.1 Å². The van der Waals surface area contributed by atoms with Crippen molar-refractivity contribution in [3.63, 3.8) is 0 Å². The third-order valence-electron chi connectivity index (χ3n) is 3.11. The Morgan fingerprint density at radius 1 is 1.50 bits per heavy atom. The van der Waals surface area contributed by atoms with E-state index in [0.29, 0.717) is 18.3 Å². The highest BCUT2D eigenvalue weighted by molar-refractivity contribution is 5.77. The van der Waals surface area contributed by atoms with Crippen molar-refractivity contribution in [2.75, 3.05) is 31.7 Å². The second kappa shape index (κ2) is 7.75. The molecule has 110 valence electrons. The summed E-state index contributed by atoms with van der Waals surface area (Å²) >= 11 is 0. The molecular weight excluding hydrogens is 256 g/mol. The summed E-state index contributed by atoms with van der Waals surface area (Å²) in [6.07, 6.45) is 2.20. The minimum Gasteiger partial charge on any atom is -0.484 e. The normalized spacial score (nSPS) is 18.4. The number of carbonyl (C=O) groups excluding carboxylic acids is 1. The predicted molar refractivity (Wildman–Crippen MR) is 78.1 cm³/mol. The zero-order valence-electron chi connectivity index (χ0n) is 11.9. The predicted octanol–water partition coefficient (Wildman–Crippen LogP) is 1.79. The van der Waals surface area contributed by atoms with Gasteiger partial charge in [0.25, 0.3) is 5.91 Å². The van der Waals surface area contributed by atoms with E-state index in [1.54, 1.807) is 0 Å². The van der Waals surface area contributed by atoms with Crippen LogP contribution in [0.1, 0.15) is 19.8 Å². The molecule has 0 aromatic heterocycles. The van der Waals surface area contributed by atoms with E-state index in [1.165, 1.54) is 0 Å². The van der Waals surface area contributed by atoms with Crippen LogP contribution >= 0.6 is 0 Å². The van der Waals surface area contributed by atoms with Crippen LogP contribution in [0.2, 0.25) is 0 Å². The molecule has 1 heterocycles. The van der Waals surface area contributed by atoms with Crippen LogP contribution in [0.25, 0.3) is 0 Å². The second-order valence-corrected chi connectivity index (χ2v) is 4.83. The Labute approximate surface area is 119 Å². The van der Waals surface area contributed by atoms with Gasteiger partial charge in [-0.2, -0.15) is 0 Å². The van der Waals surface area contributed by atoms with Crippen molar-refractivity contribution in [1.82, 2.24) is 5.32 Å². The Balaban J connectivity index is 1.85. The second-order valence-electron chi connectivity index (χ2n) is 4.83. The molecule has 2 N–H and O–H groups in total. The quantitative estimate of drug-likeness (QED) is 0.833. The topological polar surface area (TPSA) is 59.6 Å². The van der Waals surface area contributed by atoms with Crippen LogP contribution in [0.15, 0.2) is 24.3 Å². The van der Waals surface area contributed by atoms with Gasteiger partial charge in [-0.1, -0.05) is 6.07 Å². The number of rotatable bonds is 6. The zero-order chi connectivity index (χ0) is 14.2. The number of hydrogen-bond donors (Lipinski definition) is 2. The molecule has 0 radical (unpaired) electrons. The van der Waals surface area contributed by atoms with Gasteiger partial charge in [0.15, 0.2) is 6.61 Å². The van der Waals surface area contributed by atoms with Crippen molar-refractivity contribution in [2.24, 2.45) is 0 Å². The first-order chi connectivity index (χ1) is 9.78. The van der Waals surface area contributed by atoms with Gasteiger partial charge in [-0.3, -0.25) is 4.79 Å². The summed E-state index contributed by atoms with van der Waals surface area (Å²) in [5.74, 6) is 0.588. The zero-order valence-corrected chi connectivity index (χ0v) is 11.9. The van der Waals surface area contributed by atoms with E-state index in [1.807, 2.05) is 31.2 Å². The van der Waals surface area contributed by atoms with Crippen molar-refractivity contribution in [3.8, 4) is 5.75 Å². The molecule has 1 aliphatic heterocycles. The molecule has 1 amide bonds. The molecule has 0 spiro atoms. The number of hydrogen-bond acceptors (Lipinski definition) is 4. The number of nitrogens with one attached hydrogen (secondary N) is 2.